The fourth-order valence-corrected chi connectivity index (χ4v) is 0.911. The Morgan fingerprint density at radius 1 is 1.08 bits per heavy atom. The van der Waals surface area contributed by atoms with Gasteiger partial charge in [0.05, 0.1) is 11.9 Å². The predicted molar refractivity (Wildman–Crippen MR) is 38.8 cm³/mol. The van der Waals surface area contributed by atoms with Crippen molar-refractivity contribution in [3.63, 3.8) is 0 Å². The summed E-state index contributed by atoms with van der Waals surface area (Å²) in [4.78, 5) is 20.8. The van der Waals surface area contributed by atoms with Crippen LogP contribution in [0.15, 0.2) is 0 Å². The quantitative estimate of drug-likeness (QED) is 0.383. The van der Waals surface area contributed by atoms with Crippen molar-refractivity contribution < 1.29 is 19.8 Å². The van der Waals surface area contributed by atoms with Crippen molar-refractivity contribution in [1.82, 2.24) is 0 Å². The van der Waals surface area contributed by atoms with E-state index < -0.39 is 17.4 Å². The third kappa shape index (κ3) is 2.61. The zero-order chi connectivity index (χ0) is 9.07. The molecule has 0 spiro atoms. The number of hydrogen-bond donors (Lipinski definition) is 0. The molecule has 0 atom stereocenters. The SMILES string of the molecule is CCC(CC)(C(=O)[O-])C(=O)[O-].[Ca+2]. The Balaban J connectivity index is 0. The molecule has 0 aromatic heterocycles. The maximum atomic E-state index is 10.4. The number of carboxylic acid groups (broad SMARTS) is 2. The molecule has 0 heterocycles. The maximum Gasteiger partial charge on any atom is 2.00 e. The van der Waals surface area contributed by atoms with Gasteiger partial charge >= 0.3 is 37.7 Å². The molecule has 0 saturated heterocycles. The number of rotatable bonds is 4. The van der Waals surface area contributed by atoms with E-state index in [9.17, 15) is 19.8 Å². The average molecular weight is 198 g/mol. The van der Waals surface area contributed by atoms with E-state index in [4.69, 9.17) is 0 Å². The minimum absolute atomic E-state index is 0. The van der Waals surface area contributed by atoms with Crippen LogP contribution < -0.4 is 10.2 Å². The third-order valence-corrected chi connectivity index (χ3v) is 1.99. The molecule has 0 aliphatic carbocycles. The van der Waals surface area contributed by atoms with E-state index in [1.807, 2.05) is 0 Å². The van der Waals surface area contributed by atoms with E-state index in [0.29, 0.717) is 0 Å². The van der Waals surface area contributed by atoms with Crippen molar-refractivity contribution in [1.29, 1.82) is 0 Å². The molecule has 0 unspecified atom stereocenters. The van der Waals surface area contributed by atoms with Crippen LogP contribution in [-0.2, 0) is 9.59 Å². The summed E-state index contributed by atoms with van der Waals surface area (Å²) in [5.41, 5.74) is -1.81. The summed E-state index contributed by atoms with van der Waals surface area (Å²) in [7, 11) is 0. The Bertz CT molecular complexity index is 158. The smallest absolute Gasteiger partial charge is 0.549 e. The second-order valence-electron chi connectivity index (χ2n) is 2.36. The molecule has 64 valence electrons. The maximum absolute atomic E-state index is 10.4. The normalized spacial score (nSPS) is 10.2. The van der Waals surface area contributed by atoms with E-state index in [1.165, 1.54) is 13.8 Å². The fourth-order valence-electron chi connectivity index (χ4n) is 0.911. The second kappa shape index (κ2) is 5.78. The van der Waals surface area contributed by atoms with Gasteiger partial charge in [0, 0.05) is 5.41 Å². The molecule has 0 bridgehead atoms. The molecule has 0 saturated carbocycles. The average Bonchev–Trinajstić information content (AvgIpc) is 1.90. The molecule has 0 rings (SSSR count). The summed E-state index contributed by atoms with van der Waals surface area (Å²) in [5.74, 6) is -3.13. The number of carboxylic acids is 2. The van der Waals surface area contributed by atoms with E-state index in [-0.39, 0.29) is 50.6 Å². The van der Waals surface area contributed by atoms with Crippen LogP contribution >= 0.6 is 0 Å². The summed E-state index contributed by atoms with van der Waals surface area (Å²) in [6.45, 7) is 2.96. The number of carbonyl (C=O) groups excluding carboxylic acids is 2. The largest absolute Gasteiger partial charge is 2.00 e. The first-order chi connectivity index (χ1) is 5.01. The molecule has 0 amide bonds. The van der Waals surface area contributed by atoms with Gasteiger partial charge in [-0.15, -0.1) is 0 Å². The van der Waals surface area contributed by atoms with E-state index in [0.717, 1.165) is 0 Å². The molecule has 0 N–H and O–H groups in total. The first kappa shape index (κ1) is 14.7. The zero-order valence-electron chi connectivity index (χ0n) is 7.25. The van der Waals surface area contributed by atoms with Crippen molar-refractivity contribution in [3.8, 4) is 0 Å². The molecule has 0 aliphatic rings. The van der Waals surface area contributed by atoms with Gasteiger partial charge in [0.2, 0.25) is 0 Å². The van der Waals surface area contributed by atoms with Crippen molar-refractivity contribution in [2.75, 3.05) is 0 Å². The predicted octanol–water partition coefficient (Wildman–Crippen LogP) is -2.09. The molecular weight excluding hydrogens is 188 g/mol. The van der Waals surface area contributed by atoms with Crippen LogP contribution in [0.25, 0.3) is 0 Å². The molecule has 0 aromatic rings. The van der Waals surface area contributed by atoms with Crippen LogP contribution in [0.5, 0.6) is 0 Å². The van der Waals surface area contributed by atoms with Crippen LogP contribution in [-0.4, -0.2) is 49.7 Å². The number of carbonyl (C=O) groups is 2. The van der Waals surface area contributed by atoms with E-state index in [2.05, 4.69) is 0 Å². The van der Waals surface area contributed by atoms with Gasteiger partial charge in [0.25, 0.3) is 0 Å². The van der Waals surface area contributed by atoms with E-state index >= 15 is 0 Å². The third-order valence-electron chi connectivity index (χ3n) is 1.99. The Hall–Kier alpha value is 0.200. The standard InChI is InChI=1S/C7H12O4.Ca/c1-3-7(4-2,5(8)9)6(10)11;/h3-4H2,1-2H3,(H,8,9)(H,10,11);/q;+2/p-2. The van der Waals surface area contributed by atoms with Gasteiger partial charge in [-0.3, -0.25) is 0 Å². The Kier molecular flexibility index (Phi) is 7.08. The van der Waals surface area contributed by atoms with Gasteiger partial charge in [-0.25, -0.2) is 0 Å². The molecule has 5 heteroatoms. The topological polar surface area (TPSA) is 80.3 Å². The zero-order valence-corrected chi connectivity index (χ0v) is 9.46. The van der Waals surface area contributed by atoms with Crippen molar-refractivity contribution in [2.24, 2.45) is 5.41 Å². The molecule has 4 nitrogen and oxygen atoms in total. The molecule has 0 radical (unpaired) electrons. The second-order valence-corrected chi connectivity index (χ2v) is 2.36. The van der Waals surface area contributed by atoms with Crippen LogP contribution in [0.4, 0.5) is 0 Å². The summed E-state index contributed by atoms with van der Waals surface area (Å²) in [6, 6.07) is 0. The van der Waals surface area contributed by atoms with E-state index in [1.54, 1.807) is 0 Å². The summed E-state index contributed by atoms with van der Waals surface area (Å²) < 4.78 is 0. The van der Waals surface area contributed by atoms with Crippen LogP contribution in [0.3, 0.4) is 0 Å². The van der Waals surface area contributed by atoms with Gasteiger partial charge in [-0.2, -0.15) is 0 Å². The van der Waals surface area contributed by atoms with Gasteiger partial charge in [0.15, 0.2) is 0 Å². The minimum atomic E-state index is -1.81. The van der Waals surface area contributed by atoms with Crippen molar-refractivity contribution in [2.45, 2.75) is 26.7 Å². The number of hydrogen-bond acceptors (Lipinski definition) is 4. The summed E-state index contributed by atoms with van der Waals surface area (Å²) >= 11 is 0. The molecular formula is C7H10CaO4. The monoisotopic (exact) mass is 198 g/mol. The van der Waals surface area contributed by atoms with Crippen molar-refractivity contribution >= 4 is 49.7 Å². The summed E-state index contributed by atoms with van der Waals surface area (Å²) in [6.07, 6.45) is -0.0116. The van der Waals surface area contributed by atoms with Gasteiger partial charge in [0.1, 0.15) is 0 Å². The molecule has 0 aromatic carbocycles. The van der Waals surface area contributed by atoms with Gasteiger partial charge in [-0.1, -0.05) is 13.8 Å². The fraction of sp³-hybridized carbons (Fsp3) is 0.714. The molecule has 12 heavy (non-hydrogen) atoms. The van der Waals surface area contributed by atoms with Crippen molar-refractivity contribution in [3.05, 3.63) is 0 Å². The summed E-state index contributed by atoms with van der Waals surface area (Å²) in [5, 5.41) is 20.8. The Morgan fingerprint density at radius 2 is 1.33 bits per heavy atom. The van der Waals surface area contributed by atoms with Crippen LogP contribution in [0.2, 0.25) is 0 Å². The minimum Gasteiger partial charge on any atom is -0.549 e. The van der Waals surface area contributed by atoms with Gasteiger partial charge in [-0.05, 0) is 12.8 Å². The molecule has 0 fully saturated rings. The van der Waals surface area contributed by atoms with Gasteiger partial charge < -0.3 is 19.8 Å². The Morgan fingerprint density at radius 3 is 1.33 bits per heavy atom. The van der Waals surface area contributed by atoms with Crippen LogP contribution in [0, 0.1) is 5.41 Å². The number of aliphatic carboxylic acids is 2. The first-order valence-corrected chi connectivity index (χ1v) is 3.44. The first-order valence-electron chi connectivity index (χ1n) is 3.44. The Labute approximate surface area is 101 Å². The van der Waals surface area contributed by atoms with Crippen LogP contribution in [0.1, 0.15) is 26.7 Å². The molecule has 0 aliphatic heterocycles.